The second-order valence-electron chi connectivity index (χ2n) is 3.80. The molecule has 0 aliphatic heterocycles. The van der Waals surface area contributed by atoms with Crippen LogP contribution in [0.15, 0.2) is 53.5 Å². The van der Waals surface area contributed by atoms with Gasteiger partial charge in [-0.1, -0.05) is 12.1 Å². The van der Waals surface area contributed by atoms with Crippen LogP contribution in [-0.2, 0) is 0 Å². The van der Waals surface area contributed by atoms with Crippen molar-refractivity contribution in [3.05, 3.63) is 59.1 Å². The molecule has 2 aromatic heterocycles. The highest BCUT2D eigenvalue weighted by atomic mass is 79.9. The summed E-state index contributed by atoms with van der Waals surface area (Å²) in [5.74, 6) is -0.141. The number of nitrogens with zero attached hydrogens (tertiary/aromatic N) is 3. The average Bonchev–Trinajstić information content (AvgIpc) is 2.82. The Kier molecular flexibility index (Phi) is 2.68. The number of halogens is 1. The zero-order valence-corrected chi connectivity index (χ0v) is 10.8. The van der Waals surface area contributed by atoms with Crippen LogP contribution in [0.2, 0.25) is 0 Å². The molecule has 18 heavy (non-hydrogen) atoms. The Morgan fingerprint density at radius 2 is 2.06 bits per heavy atom. The monoisotopic (exact) mass is 301 g/mol. The lowest BCUT2D eigenvalue weighted by Crippen LogP contribution is -2.10. The molecule has 0 N–H and O–H groups in total. The van der Waals surface area contributed by atoms with Crippen LogP contribution < -0.4 is 0 Å². The average molecular weight is 302 g/mol. The summed E-state index contributed by atoms with van der Waals surface area (Å²) >= 11 is 3.30. The highest BCUT2D eigenvalue weighted by Gasteiger charge is 2.12. The fourth-order valence-electron chi connectivity index (χ4n) is 1.79. The molecule has 0 aliphatic rings. The zero-order chi connectivity index (χ0) is 12.5. The number of benzene rings is 1. The van der Waals surface area contributed by atoms with Gasteiger partial charge in [0, 0.05) is 16.9 Å². The van der Waals surface area contributed by atoms with Gasteiger partial charge < -0.3 is 0 Å². The van der Waals surface area contributed by atoms with Crippen molar-refractivity contribution in [2.45, 2.75) is 0 Å². The van der Waals surface area contributed by atoms with Crippen LogP contribution in [0.25, 0.3) is 11.0 Å². The standard InChI is InChI=1S/C13H8BrN3O/c14-10-5-9(6-15-7-10)13(18)17-8-16-11-3-1-2-4-12(11)17/h1-8H. The summed E-state index contributed by atoms with van der Waals surface area (Å²) in [6.45, 7) is 0. The number of hydrogen-bond acceptors (Lipinski definition) is 3. The maximum atomic E-state index is 12.3. The minimum Gasteiger partial charge on any atom is -0.268 e. The summed E-state index contributed by atoms with van der Waals surface area (Å²) in [6, 6.07) is 9.26. The lowest BCUT2D eigenvalue weighted by Gasteiger charge is -2.02. The van der Waals surface area contributed by atoms with Gasteiger partial charge in [0.2, 0.25) is 0 Å². The van der Waals surface area contributed by atoms with E-state index in [1.165, 1.54) is 10.9 Å². The van der Waals surface area contributed by atoms with E-state index in [1.807, 2.05) is 24.3 Å². The molecule has 1 aromatic carbocycles. The van der Waals surface area contributed by atoms with Gasteiger partial charge in [-0.3, -0.25) is 14.3 Å². The summed E-state index contributed by atoms with van der Waals surface area (Å²) in [5, 5.41) is 0. The molecule has 0 atom stereocenters. The third-order valence-corrected chi connectivity index (χ3v) is 3.06. The van der Waals surface area contributed by atoms with Gasteiger partial charge in [0.05, 0.1) is 16.6 Å². The maximum absolute atomic E-state index is 12.3. The number of rotatable bonds is 1. The normalized spacial score (nSPS) is 10.7. The first-order chi connectivity index (χ1) is 8.75. The number of carbonyl (C=O) groups is 1. The molecule has 0 spiro atoms. The van der Waals surface area contributed by atoms with Gasteiger partial charge in [-0.15, -0.1) is 0 Å². The minimum atomic E-state index is -0.141. The molecule has 2 heterocycles. The van der Waals surface area contributed by atoms with E-state index >= 15 is 0 Å². The molecular formula is C13H8BrN3O. The number of fused-ring (bicyclic) bond motifs is 1. The van der Waals surface area contributed by atoms with Crippen molar-refractivity contribution in [1.82, 2.24) is 14.5 Å². The molecule has 0 fully saturated rings. The Morgan fingerprint density at radius 3 is 2.89 bits per heavy atom. The first kappa shape index (κ1) is 11.1. The smallest absolute Gasteiger partial charge is 0.265 e. The molecule has 0 aliphatic carbocycles. The van der Waals surface area contributed by atoms with Gasteiger partial charge in [-0.05, 0) is 34.1 Å². The molecule has 3 rings (SSSR count). The Hall–Kier alpha value is -2.01. The fraction of sp³-hybridized carbons (Fsp3) is 0. The largest absolute Gasteiger partial charge is 0.268 e. The molecule has 0 saturated heterocycles. The van der Waals surface area contributed by atoms with E-state index in [9.17, 15) is 4.79 Å². The van der Waals surface area contributed by atoms with Crippen molar-refractivity contribution in [1.29, 1.82) is 0 Å². The molecule has 5 heteroatoms. The maximum Gasteiger partial charge on any atom is 0.265 e. The van der Waals surface area contributed by atoms with Gasteiger partial charge in [-0.2, -0.15) is 0 Å². The Morgan fingerprint density at radius 1 is 1.22 bits per heavy atom. The van der Waals surface area contributed by atoms with Crippen molar-refractivity contribution < 1.29 is 4.79 Å². The predicted molar refractivity (Wildman–Crippen MR) is 71.4 cm³/mol. The summed E-state index contributed by atoms with van der Waals surface area (Å²) < 4.78 is 2.30. The SMILES string of the molecule is O=C(c1cncc(Br)c1)n1cnc2ccccc21. The van der Waals surface area contributed by atoms with Crippen LogP contribution in [0, 0.1) is 0 Å². The number of carbonyl (C=O) groups excluding carboxylic acids is 1. The Balaban J connectivity index is 2.12. The minimum absolute atomic E-state index is 0.141. The first-order valence-electron chi connectivity index (χ1n) is 5.33. The highest BCUT2D eigenvalue weighted by molar-refractivity contribution is 9.10. The summed E-state index contributed by atoms with van der Waals surface area (Å²) in [7, 11) is 0. The lowest BCUT2D eigenvalue weighted by molar-refractivity contribution is 0.0964. The number of imidazole rings is 1. The van der Waals surface area contributed by atoms with Crippen molar-refractivity contribution in [2.75, 3.05) is 0 Å². The highest BCUT2D eigenvalue weighted by Crippen LogP contribution is 2.15. The molecule has 88 valence electrons. The quantitative estimate of drug-likeness (QED) is 0.694. The molecule has 0 radical (unpaired) electrons. The molecule has 0 saturated carbocycles. The van der Waals surface area contributed by atoms with Gasteiger partial charge in [0.1, 0.15) is 6.33 Å². The summed E-state index contributed by atoms with van der Waals surface area (Å²) in [6.07, 6.45) is 4.72. The van der Waals surface area contributed by atoms with Crippen LogP contribution in [0.3, 0.4) is 0 Å². The number of para-hydroxylation sites is 2. The van der Waals surface area contributed by atoms with Crippen molar-refractivity contribution in [3.8, 4) is 0 Å². The predicted octanol–water partition coefficient (Wildman–Crippen LogP) is 2.88. The zero-order valence-electron chi connectivity index (χ0n) is 9.25. The third-order valence-electron chi connectivity index (χ3n) is 2.62. The van der Waals surface area contributed by atoms with Crippen molar-refractivity contribution in [2.24, 2.45) is 0 Å². The Bertz CT molecular complexity index is 736. The number of aromatic nitrogens is 3. The first-order valence-corrected chi connectivity index (χ1v) is 6.12. The van der Waals surface area contributed by atoms with Gasteiger partial charge >= 0.3 is 0 Å². The molecular weight excluding hydrogens is 294 g/mol. The van der Waals surface area contributed by atoms with Gasteiger partial charge in [0.25, 0.3) is 5.91 Å². The van der Waals surface area contributed by atoms with Gasteiger partial charge in [-0.25, -0.2) is 4.98 Å². The molecule has 0 bridgehead atoms. The fourth-order valence-corrected chi connectivity index (χ4v) is 2.15. The van der Waals surface area contributed by atoms with E-state index in [2.05, 4.69) is 25.9 Å². The van der Waals surface area contributed by atoms with Gasteiger partial charge in [0.15, 0.2) is 0 Å². The van der Waals surface area contributed by atoms with E-state index in [4.69, 9.17) is 0 Å². The molecule has 3 aromatic rings. The third kappa shape index (κ3) is 1.82. The van der Waals surface area contributed by atoms with E-state index in [0.29, 0.717) is 5.56 Å². The molecule has 0 unspecified atom stereocenters. The van der Waals surface area contributed by atoms with Crippen LogP contribution in [-0.4, -0.2) is 20.4 Å². The second kappa shape index (κ2) is 4.34. The summed E-state index contributed by atoms with van der Waals surface area (Å²) in [5.41, 5.74) is 2.11. The second-order valence-corrected chi connectivity index (χ2v) is 4.72. The van der Waals surface area contributed by atoms with Crippen molar-refractivity contribution in [3.63, 3.8) is 0 Å². The van der Waals surface area contributed by atoms with Crippen molar-refractivity contribution >= 4 is 32.9 Å². The van der Waals surface area contributed by atoms with Crippen LogP contribution >= 0.6 is 15.9 Å². The van der Waals surface area contributed by atoms with Crippen LogP contribution in [0.4, 0.5) is 0 Å². The van der Waals surface area contributed by atoms with E-state index in [0.717, 1.165) is 15.5 Å². The van der Waals surface area contributed by atoms with Crippen LogP contribution in [0.1, 0.15) is 10.4 Å². The van der Waals surface area contributed by atoms with E-state index in [-0.39, 0.29) is 5.91 Å². The van der Waals surface area contributed by atoms with E-state index < -0.39 is 0 Å². The number of pyridine rings is 1. The van der Waals surface area contributed by atoms with Crippen LogP contribution in [0.5, 0.6) is 0 Å². The Labute approximate surface area is 111 Å². The molecule has 0 amide bonds. The van der Waals surface area contributed by atoms with E-state index in [1.54, 1.807) is 18.5 Å². The topological polar surface area (TPSA) is 47.8 Å². The molecule has 4 nitrogen and oxygen atoms in total. The number of hydrogen-bond donors (Lipinski definition) is 0. The summed E-state index contributed by atoms with van der Waals surface area (Å²) in [4.78, 5) is 20.5. The lowest BCUT2D eigenvalue weighted by atomic mass is 10.2.